The van der Waals surface area contributed by atoms with Gasteiger partial charge in [-0.25, -0.2) is 56.3 Å². The number of aromatic nitrogens is 6. The molecule has 12 rings (SSSR count). The third kappa shape index (κ3) is 19.5. The lowest BCUT2D eigenvalue weighted by Crippen LogP contribution is -2.48. The van der Waals surface area contributed by atoms with Gasteiger partial charge < -0.3 is 5.11 Å². The number of sulfonamides is 5. The van der Waals surface area contributed by atoms with E-state index < -0.39 is 66.7 Å². The zero-order chi connectivity index (χ0) is 73.1. The second kappa shape index (κ2) is 32.1. The molecule has 6 aromatic heterocycles. The molecule has 1 fully saturated rings. The first kappa shape index (κ1) is 78.0. The second-order valence-electron chi connectivity index (χ2n) is 27.2. The summed E-state index contributed by atoms with van der Waals surface area (Å²) in [5.41, 5.74) is 5.49. The normalized spacial score (nSPS) is 16.9. The van der Waals surface area contributed by atoms with Gasteiger partial charge in [-0.2, -0.15) is 9.03 Å². The Morgan fingerprint density at radius 3 is 1.28 bits per heavy atom. The van der Waals surface area contributed by atoms with E-state index in [0.717, 1.165) is 36.9 Å². The molecule has 0 saturated carbocycles. The Labute approximate surface area is 588 Å². The number of aliphatic hydroxyl groups excluding tert-OH is 1. The fourth-order valence-electron chi connectivity index (χ4n) is 12.0. The van der Waals surface area contributed by atoms with Crippen molar-refractivity contribution in [3.8, 4) is 12.3 Å². The van der Waals surface area contributed by atoms with Gasteiger partial charge in [0.1, 0.15) is 0 Å². The molecule has 0 aliphatic carbocycles. The largest absolute Gasteiger partial charge is 0.396 e. The number of hydrogen-bond acceptors (Lipinski definition) is 22. The summed E-state index contributed by atoms with van der Waals surface area (Å²) in [5.74, 6) is 2.56. The highest BCUT2D eigenvalue weighted by Gasteiger charge is 2.41. The van der Waals surface area contributed by atoms with Crippen molar-refractivity contribution in [1.29, 1.82) is 0 Å². The third-order valence-corrected chi connectivity index (χ3v) is 24.5. The van der Waals surface area contributed by atoms with E-state index in [1.807, 2.05) is 39.8 Å². The van der Waals surface area contributed by atoms with Crippen LogP contribution in [-0.4, -0.2) is 142 Å². The van der Waals surface area contributed by atoms with Gasteiger partial charge in [0.2, 0.25) is 0 Å². The van der Waals surface area contributed by atoms with Crippen molar-refractivity contribution < 1.29 is 47.2 Å². The van der Waals surface area contributed by atoms with Gasteiger partial charge in [-0.1, -0.05) is 53.0 Å². The Bertz CT molecular complexity index is 4760. The van der Waals surface area contributed by atoms with Crippen LogP contribution in [0.3, 0.4) is 0 Å². The molecule has 2 unspecified atom stereocenters. The summed E-state index contributed by atoms with van der Waals surface area (Å²) in [6.07, 6.45) is 22.0. The zero-order valence-corrected chi connectivity index (χ0v) is 62.1. The maximum absolute atomic E-state index is 13.3. The summed E-state index contributed by atoms with van der Waals surface area (Å²) in [4.78, 5) is 45.5. The van der Waals surface area contributed by atoms with Crippen LogP contribution in [0.1, 0.15) is 189 Å². The van der Waals surface area contributed by atoms with E-state index >= 15 is 0 Å². The molecule has 27 nitrogen and oxygen atoms in total. The first-order chi connectivity index (χ1) is 47.0. The van der Waals surface area contributed by atoms with Crippen molar-refractivity contribution in [2.45, 2.75) is 183 Å². The van der Waals surface area contributed by atoms with Crippen LogP contribution in [0.15, 0.2) is 141 Å². The predicted molar refractivity (Wildman–Crippen MR) is 388 cm³/mol. The van der Waals surface area contributed by atoms with Crippen molar-refractivity contribution in [2.75, 3.05) is 13.2 Å². The number of nitrogens with one attached hydrogen (secondary N) is 4. The third-order valence-electron chi connectivity index (χ3n) is 16.1. The van der Waals surface area contributed by atoms with Crippen LogP contribution in [0.25, 0.3) is 0 Å². The van der Waals surface area contributed by atoms with Gasteiger partial charge in [0.05, 0.1) is 72.8 Å². The predicted octanol–water partition coefficient (Wildman–Crippen LogP) is 7.31. The highest BCUT2D eigenvalue weighted by Crippen LogP contribution is 2.36. The molecular weight excluding hydrogens is 1380 g/mol. The number of piperidine rings is 1. The Kier molecular flexibility index (Phi) is 25.1. The van der Waals surface area contributed by atoms with Gasteiger partial charge in [0, 0.05) is 101 Å². The molecule has 100 heavy (non-hydrogen) atoms. The number of aliphatic hydroxyl groups is 1. The van der Waals surface area contributed by atoms with Crippen molar-refractivity contribution >= 4 is 75.3 Å². The van der Waals surface area contributed by atoms with Crippen molar-refractivity contribution in [3.05, 3.63) is 178 Å². The Morgan fingerprint density at radius 2 is 0.910 bits per heavy atom. The smallest absolute Gasteiger partial charge is 0.261 e. The molecule has 0 amide bonds. The number of fused-ring (bicyclic) bond motifs is 5. The molecule has 5 N–H and O–H groups in total. The van der Waals surface area contributed by atoms with Gasteiger partial charge in [0.25, 0.3) is 50.1 Å². The average molecular weight is 1470 g/mol. The quantitative estimate of drug-likeness (QED) is 0.0667. The van der Waals surface area contributed by atoms with Gasteiger partial charge in [-0.05, 0) is 158 Å². The second-order valence-corrected chi connectivity index (χ2v) is 35.4. The number of aliphatic imine (C=N–C) groups is 5. The van der Waals surface area contributed by atoms with E-state index in [9.17, 15) is 42.1 Å². The highest BCUT2D eigenvalue weighted by atomic mass is 32.2. The number of nitrogens with zero attached hydrogens (tertiary/aromatic N) is 12. The van der Waals surface area contributed by atoms with E-state index in [1.54, 1.807) is 136 Å². The van der Waals surface area contributed by atoms with Crippen LogP contribution in [-0.2, 0) is 82.8 Å². The highest BCUT2D eigenvalue weighted by molar-refractivity contribution is 8.06. The Morgan fingerprint density at radius 1 is 0.530 bits per heavy atom. The van der Waals surface area contributed by atoms with Crippen LogP contribution in [0.2, 0.25) is 0 Å². The molecule has 0 aromatic carbocycles. The molecule has 1 saturated heterocycles. The molecule has 6 aliphatic rings. The van der Waals surface area contributed by atoms with Gasteiger partial charge in [0.15, 0.2) is 25.2 Å². The number of terminal acetylenes is 1. The molecule has 2 atom stereocenters. The molecular formula is C68H88N16O11S5. The van der Waals surface area contributed by atoms with E-state index in [4.69, 9.17) is 11.5 Å². The summed E-state index contributed by atoms with van der Waals surface area (Å²) >= 11 is 0. The Hall–Kier alpha value is -7.68. The summed E-state index contributed by atoms with van der Waals surface area (Å²) < 4.78 is 137. The lowest BCUT2D eigenvalue weighted by molar-refractivity contribution is 0.259. The zero-order valence-electron chi connectivity index (χ0n) is 58.0. The van der Waals surface area contributed by atoms with Gasteiger partial charge in [-0.3, -0.25) is 54.9 Å². The maximum Gasteiger partial charge on any atom is 0.261 e. The fourth-order valence-corrected chi connectivity index (χ4v) is 20.2. The SMILES string of the molecule is C#CC(CC)(CC)NS(=O)(=O)C1=NCc2ncccc21.CC(C)(C)CC(C)(C)NS(=O)(=O)C1=NCc2ncccc21.CC(C)(C)NS(=O)(=O)C1=NCc2ncccc21.CC(CCO)NS(=O)(=O)C1=NCc2ncccc21.O=S(=O)(C1=NCc2ncccc21)N1CCCCC1c1cccnc1. The number of rotatable bonds is 14. The summed E-state index contributed by atoms with van der Waals surface area (Å²) in [7, 11) is -18.3. The summed E-state index contributed by atoms with van der Waals surface area (Å²) in [6, 6.07) is 20.5. The number of hydrogen-bond donors (Lipinski definition) is 5. The van der Waals surface area contributed by atoms with Crippen LogP contribution in [0, 0.1) is 17.8 Å². The molecule has 0 radical (unpaired) electrons. The van der Waals surface area contributed by atoms with Crippen LogP contribution < -0.4 is 18.9 Å². The lowest BCUT2D eigenvalue weighted by atomic mass is 9.82. The maximum atomic E-state index is 13.3. The van der Waals surface area contributed by atoms with Crippen molar-refractivity contribution in [2.24, 2.45) is 30.4 Å². The molecule has 536 valence electrons. The lowest BCUT2D eigenvalue weighted by Gasteiger charge is -2.34. The molecule has 0 bridgehead atoms. The number of pyridine rings is 6. The first-order valence-electron chi connectivity index (χ1n) is 32.6. The topological polar surface area (TPSA) is 381 Å². The summed E-state index contributed by atoms with van der Waals surface area (Å²) in [5, 5.41) is 9.20. The fraction of sp³-hybridized carbons (Fsp3) is 0.456. The summed E-state index contributed by atoms with van der Waals surface area (Å²) in [6.45, 7) is 22.9. The molecule has 0 spiro atoms. The monoisotopic (exact) mass is 1460 g/mol. The minimum absolute atomic E-state index is 0.0297. The van der Waals surface area contributed by atoms with E-state index in [-0.39, 0.29) is 55.9 Å². The van der Waals surface area contributed by atoms with E-state index in [0.29, 0.717) is 103 Å². The molecule has 6 aromatic rings. The Balaban J connectivity index is 0.000000160. The van der Waals surface area contributed by atoms with Crippen LogP contribution >= 0.6 is 0 Å². The van der Waals surface area contributed by atoms with E-state index in [2.05, 4.69) is 100 Å². The van der Waals surface area contributed by atoms with Crippen LogP contribution in [0.4, 0.5) is 0 Å². The molecule has 12 heterocycles. The van der Waals surface area contributed by atoms with Crippen LogP contribution in [0.5, 0.6) is 0 Å². The average Bonchev–Trinajstić information content (AvgIpc) is 1.46. The standard InChI is InChI=1S/C17H18N4O2S.C15H23N3O2S.C14H17N3O2S.C11H15N3O3S.C11H15N3O2S/c22-24(23,17-14-6-4-9-19-15(14)12-20-17)21-10-2-1-7-16(21)13-5-3-8-18-11-13;1-14(2,3)10-15(4,5)18-21(19,20)13-11-7-6-8-16-12(11)9-17-13;1-4-14(5-2,6-3)17-20(18,19)13-11-8-7-9-15-12(11)10-16-13;1-8(4-6-15)14-18(16,17)11-9-3-2-5-12-10(9)7-13-11;1-11(2,3)14-17(15,16)10-8-5-4-6-12-9(8)7-13-10/h3-6,8-9,11,16H,1-2,7,10,12H2;6-8,18H,9-10H2,1-5H3;1,7-9,17H,5-6,10H2,2-3H3;2-3,5,8,14-15H,4,6-7H2,1H3;4-6,14H,7H2,1-3H3. The van der Waals surface area contributed by atoms with Crippen molar-refractivity contribution in [3.63, 3.8) is 0 Å². The molecule has 32 heteroatoms. The van der Waals surface area contributed by atoms with Crippen molar-refractivity contribution in [1.82, 2.24) is 53.1 Å². The minimum Gasteiger partial charge on any atom is -0.396 e. The van der Waals surface area contributed by atoms with Gasteiger partial charge in [-0.15, -0.1) is 6.42 Å². The first-order valence-corrected chi connectivity index (χ1v) is 40.0. The minimum atomic E-state index is -3.75. The van der Waals surface area contributed by atoms with E-state index in [1.165, 1.54) is 0 Å². The van der Waals surface area contributed by atoms with Gasteiger partial charge >= 0.3 is 0 Å². The molecule has 6 aliphatic heterocycles.